The summed E-state index contributed by atoms with van der Waals surface area (Å²) in [5.74, 6) is 0. The zero-order chi connectivity index (χ0) is 14.0. The zero-order valence-corrected chi connectivity index (χ0v) is 11.1. The smallest absolute Gasteiger partial charge is 0.402 e. The highest BCUT2D eigenvalue weighted by Gasteiger charge is 2.36. The van der Waals surface area contributed by atoms with Gasteiger partial charge in [-0.1, -0.05) is 0 Å². The second-order valence-electron chi connectivity index (χ2n) is 5.31. The van der Waals surface area contributed by atoms with Crippen LogP contribution in [0.1, 0.15) is 12.8 Å². The fraction of sp³-hybridized carbons (Fsp3) is 0.692. The van der Waals surface area contributed by atoms with Crippen molar-refractivity contribution in [2.24, 2.45) is 5.73 Å². The van der Waals surface area contributed by atoms with Crippen LogP contribution in [0.25, 0.3) is 0 Å². The fourth-order valence-electron chi connectivity index (χ4n) is 2.51. The van der Waals surface area contributed by atoms with Crippen molar-refractivity contribution in [2.45, 2.75) is 19.0 Å². The number of likely N-dealkylation sites (N-methyl/N-ethyl adjacent to an activating group) is 1. The summed E-state index contributed by atoms with van der Waals surface area (Å²) in [4.78, 5) is 4.28. The molecule has 0 saturated carbocycles. The Bertz CT molecular complexity index is 390. The van der Waals surface area contributed by atoms with E-state index in [-0.39, 0.29) is 0 Å². The topological polar surface area (TPSA) is 32.5 Å². The number of rotatable bonds is 2. The molecule has 0 aromatic carbocycles. The Morgan fingerprint density at radius 3 is 2.37 bits per heavy atom. The van der Waals surface area contributed by atoms with Crippen LogP contribution in [0.5, 0.6) is 0 Å². The minimum Gasteiger partial charge on any atom is -0.402 e. The van der Waals surface area contributed by atoms with E-state index in [2.05, 4.69) is 9.80 Å². The number of hydrogen-bond acceptors (Lipinski definition) is 3. The Morgan fingerprint density at radius 2 is 1.79 bits per heavy atom. The largest absolute Gasteiger partial charge is 0.416 e. The second-order valence-corrected chi connectivity index (χ2v) is 5.31. The molecule has 0 aromatic rings. The van der Waals surface area contributed by atoms with E-state index in [0.29, 0.717) is 30.7 Å². The van der Waals surface area contributed by atoms with Crippen molar-refractivity contribution in [3.05, 3.63) is 22.9 Å². The van der Waals surface area contributed by atoms with Gasteiger partial charge in [0.25, 0.3) is 0 Å². The number of nitrogens with two attached hydrogens (primary N) is 1. The first-order valence-electron chi connectivity index (χ1n) is 6.52. The van der Waals surface area contributed by atoms with Crippen LogP contribution >= 0.6 is 0 Å². The van der Waals surface area contributed by atoms with E-state index >= 15 is 0 Å². The van der Waals surface area contributed by atoms with Crippen LogP contribution in [0, 0.1) is 0 Å². The maximum atomic E-state index is 13.0. The predicted molar refractivity (Wildman–Crippen MR) is 68.5 cm³/mol. The van der Waals surface area contributed by atoms with Gasteiger partial charge in [0.2, 0.25) is 0 Å². The summed E-state index contributed by atoms with van der Waals surface area (Å²) in [6.07, 6.45) is -2.24. The van der Waals surface area contributed by atoms with Gasteiger partial charge in [0.05, 0.1) is 5.57 Å². The van der Waals surface area contributed by atoms with Gasteiger partial charge >= 0.3 is 6.18 Å². The first-order chi connectivity index (χ1) is 8.86. The molecule has 0 atom stereocenters. The standard InChI is InChI=1S/C13H20F3N3/c1-18-4-6-19(7-5-18)9-10-2-3-11(17)8-12(10)13(14,15)16/h8H,2-7,9,17H2,1H3. The third kappa shape index (κ3) is 3.73. The molecule has 0 unspecified atom stereocenters. The third-order valence-electron chi connectivity index (χ3n) is 3.74. The van der Waals surface area contributed by atoms with E-state index in [1.54, 1.807) is 0 Å². The predicted octanol–water partition coefficient (Wildman–Crippen LogP) is 1.73. The van der Waals surface area contributed by atoms with E-state index < -0.39 is 11.7 Å². The van der Waals surface area contributed by atoms with Crippen molar-refractivity contribution in [3.8, 4) is 0 Å². The van der Waals surface area contributed by atoms with Crippen molar-refractivity contribution in [1.82, 2.24) is 9.80 Å². The number of allylic oxidation sites excluding steroid dienone is 3. The molecule has 2 aliphatic rings. The normalized spacial score (nSPS) is 23.7. The molecule has 108 valence electrons. The Kier molecular flexibility index (Phi) is 4.20. The number of piperazine rings is 1. The van der Waals surface area contributed by atoms with Crippen molar-refractivity contribution < 1.29 is 13.2 Å². The average Bonchev–Trinajstić information content (AvgIpc) is 2.33. The molecule has 6 heteroatoms. The maximum absolute atomic E-state index is 13.0. The molecule has 0 amide bonds. The van der Waals surface area contributed by atoms with Gasteiger partial charge in [-0.3, -0.25) is 4.90 Å². The summed E-state index contributed by atoms with van der Waals surface area (Å²) in [6, 6.07) is 0. The Morgan fingerprint density at radius 1 is 1.16 bits per heavy atom. The Hall–Kier alpha value is -1.01. The van der Waals surface area contributed by atoms with E-state index in [0.717, 1.165) is 32.3 Å². The summed E-state index contributed by atoms with van der Waals surface area (Å²) >= 11 is 0. The van der Waals surface area contributed by atoms with Gasteiger partial charge < -0.3 is 10.6 Å². The molecule has 0 spiro atoms. The van der Waals surface area contributed by atoms with Gasteiger partial charge in [0.15, 0.2) is 0 Å². The SMILES string of the molecule is CN1CCN(CC2=C(C(F)(F)F)C=C(N)CC2)CC1. The minimum atomic E-state index is -4.30. The summed E-state index contributed by atoms with van der Waals surface area (Å²) in [5.41, 5.74) is 5.82. The highest BCUT2D eigenvalue weighted by Crippen LogP contribution is 2.35. The molecule has 2 N–H and O–H groups in total. The van der Waals surface area contributed by atoms with Crippen molar-refractivity contribution >= 4 is 0 Å². The lowest BCUT2D eigenvalue weighted by Crippen LogP contribution is -2.45. The Labute approximate surface area is 111 Å². The van der Waals surface area contributed by atoms with Gasteiger partial charge in [-0.05, 0) is 31.5 Å². The number of alkyl halides is 3. The third-order valence-corrected chi connectivity index (χ3v) is 3.74. The first-order valence-corrected chi connectivity index (χ1v) is 6.52. The fourth-order valence-corrected chi connectivity index (χ4v) is 2.51. The second kappa shape index (κ2) is 5.54. The van der Waals surface area contributed by atoms with Crippen LogP contribution in [-0.2, 0) is 0 Å². The monoisotopic (exact) mass is 275 g/mol. The maximum Gasteiger partial charge on any atom is 0.416 e. The lowest BCUT2D eigenvalue weighted by Gasteiger charge is -2.34. The molecule has 3 nitrogen and oxygen atoms in total. The molecule has 0 radical (unpaired) electrons. The van der Waals surface area contributed by atoms with Gasteiger partial charge in [0.1, 0.15) is 0 Å². The summed E-state index contributed by atoms with van der Waals surface area (Å²) in [6.45, 7) is 3.88. The van der Waals surface area contributed by atoms with Gasteiger partial charge in [-0.25, -0.2) is 0 Å². The zero-order valence-electron chi connectivity index (χ0n) is 11.1. The highest BCUT2D eigenvalue weighted by molar-refractivity contribution is 5.36. The molecule has 19 heavy (non-hydrogen) atoms. The molecule has 1 aliphatic carbocycles. The minimum absolute atomic E-state index is 0.328. The van der Waals surface area contributed by atoms with Crippen LogP contribution in [0.4, 0.5) is 13.2 Å². The van der Waals surface area contributed by atoms with E-state index in [4.69, 9.17) is 5.73 Å². The molecular weight excluding hydrogens is 255 g/mol. The van der Waals surface area contributed by atoms with Crippen molar-refractivity contribution in [2.75, 3.05) is 39.8 Å². The summed E-state index contributed by atoms with van der Waals surface area (Å²) in [7, 11) is 2.03. The lowest BCUT2D eigenvalue weighted by molar-refractivity contribution is -0.0897. The lowest BCUT2D eigenvalue weighted by atomic mass is 9.94. The van der Waals surface area contributed by atoms with E-state index in [9.17, 15) is 13.2 Å². The molecule has 1 heterocycles. The van der Waals surface area contributed by atoms with E-state index in [1.807, 2.05) is 7.05 Å². The molecule has 2 rings (SSSR count). The molecule has 1 aliphatic heterocycles. The van der Waals surface area contributed by atoms with Crippen LogP contribution in [-0.4, -0.2) is 55.7 Å². The van der Waals surface area contributed by atoms with Crippen molar-refractivity contribution in [3.63, 3.8) is 0 Å². The number of hydrogen-bond donors (Lipinski definition) is 1. The molecule has 1 fully saturated rings. The van der Waals surface area contributed by atoms with Crippen LogP contribution in [0.15, 0.2) is 22.9 Å². The summed E-state index contributed by atoms with van der Waals surface area (Å²) in [5, 5.41) is 0. The van der Waals surface area contributed by atoms with E-state index in [1.165, 1.54) is 0 Å². The quantitative estimate of drug-likeness (QED) is 0.833. The molecule has 0 aromatic heterocycles. The highest BCUT2D eigenvalue weighted by atomic mass is 19.4. The molecule has 0 bridgehead atoms. The molecular formula is C13H20F3N3. The van der Waals surface area contributed by atoms with Crippen molar-refractivity contribution in [1.29, 1.82) is 0 Å². The van der Waals surface area contributed by atoms with Gasteiger partial charge in [-0.15, -0.1) is 0 Å². The van der Waals surface area contributed by atoms with Gasteiger partial charge in [0, 0.05) is 38.4 Å². The Balaban J connectivity index is 2.11. The van der Waals surface area contributed by atoms with Gasteiger partial charge in [-0.2, -0.15) is 13.2 Å². The number of nitrogens with zero attached hydrogens (tertiary/aromatic N) is 2. The number of halogens is 3. The first kappa shape index (κ1) is 14.4. The van der Waals surface area contributed by atoms with Crippen LogP contribution < -0.4 is 5.73 Å². The van der Waals surface area contributed by atoms with Crippen LogP contribution in [0.2, 0.25) is 0 Å². The molecule has 1 saturated heterocycles. The summed E-state index contributed by atoms with van der Waals surface area (Å²) < 4.78 is 39.0. The average molecular weight is 275 g/mol. The van der Waals surface area contributed by atoms with Crippen LogP contribution in [0.3, 0.4) is 0 Å².